The van der Waals surface area contributed by atoms with E-state index in [2.05, 4.69) is 15.3 Å². The fourth-order valence-electron chi connectivity index (χ4n) is 2.84. The standard InChI is InChI=1S/C14H20N4O3/c1-10-11(7-16-9-17-10)12(19)18-6-4-5-14(18,8-21-3)13(20)15-2/h7,9H,4-6,8H2,1-3H3,(H,15,20). The molecule has 1 fully saturated rings. The highest BCUT2D eigenvalue weighted by atomic mass is 16.5. The van der Waals surface area contributed by atoms with Gasteiger partial charge in [0, 0.05) is 26.9 Å². The van der Waals surface area contributed by atoms with Crippen LogP contribution in [0.2, 0.25) is 0 Å². The van der Waals surface area contributed by atoms with Crippen LogP contribution >= 0.6 is 0 Å². The molecule has 1 aromatic heterocycles. The van der Waals surface area contributed by atoms with Crippen molar-refractivity contribution in [1.82, 2.24) is 20.2 Å². The molecule has 1 aromatic rings. The molecule has 0 aromatic carbocycles. The van der Waals surface area contributed by atoms with Gasteiger partial charge in [-0.25, -0.2) is 9.97 Å². The zero-order valence-corrected chi connectivity index (χ0v) is 12.5. The molecule has 2 heterocycles. The summed E-state index contributed by atoms with van der Waals surface area (Å²) in [7, 11) is 3.10. The molecule has 0 saturated carbocycles. The summed E-state index contributed by atoms with van der Waals surface area (Å²) >= 11 is 0. The maximum atomic E-state index is 12.8. The second-order valence-electron chi connectivity index (χ2n) is 5.13. The summed E-state index contributed by atoms with van der Waals surface area (Å²) in [5, 5.41) is 2.64. The van der Waals surface area contributed by atoms with Crippen LogP contribution in [-0.2, 0) is 9.53 Å². The molecule has 1 aliphatic rings. The van der Waals surface area contributed by atoms with E-state index in [4.69, 9.17) is 4.74 Å². The highest BCUT2D eigenvalue weighted by Gasteiger charge is 2.49. The van der Waals surface area contributed by atoms with Crippen molar-refractivity contribution in [2.75, 3.05) is 27.3 Å². The van der Waals surface area contributed by atoms with E-state index in [1.54, 1.807) is 18.9 Å². The first-order valence-corrected chi connectivity index (χ1v) is 6.86. The van der Waals surface area contributed by atoms with Crippen molar-refractivity contribution < 1.29 is 14.3 Å². The van der Waals surface area contributed by atoms with Gasteiger partial charge < -0.3 is 15.0 Å². The number of hydrogen-bond acceptors (Lipinski definition) is 5. The van der Waals surface area contributed by atoms with Gasteiger partial charge in [0.2, 0.25) is 5.91 Å². The maximum Gasteiger partial charge on any atom is 0.258 e. The largest absolute Gasteiger partial charge is 0.382 e. The van der Waals surface area contributed by atoms with Gasteiger partial charge in [-0.1, -0.05) is 0 Å². The molecule has 7 heteroatoms. The Labute approximate surface area is 123 Å². The van der Waals surface area contributed by atoms with Gasteiger partial charge in [-0.05, 0) is 19.8 Å². The predicted octanol–water partition coefficient (Wildman–Crippen LogP) is 0.152. The highest BCUT2D eigenvalue weighted by Crippen LogP contribution is 2.31. The van der Waals surface area contributed by atoms with Crippen LogP contribution < -0.4 is 5.32 Å². The molecule has 0 aliphatic carbocycles. The lowest BCUT2D eigenvalue weighted by Crippen LogP contribution is -2.59. The number of carbonyl (C=O) groups is 2. The Morgan fingerprint density at radius 3 is 2.90 bits per heavy atom. The molecule has 1 atom stereocenters. The van der Waals surface area contributed by atoms with Crippen LogP contribution in [0.1, 0.15) is 28.9 Å². The molecule has 1 N–H and O–H groups in total. The van der Waals surface area contributed by atoms with E-state index < -0.39 is 5.54 Å². The summed E-state index contributed by atoms with van der Waals surface area (Å²) in [5.74, 6) is -0.434. The smallest absolute Gasteiger partial charge is 0.258 e. The number of amides is 2. The van der Waals surface area contributed by atoms with E-state index in [1.165, 1.54) is 19.6 Å². The third-order valence-corrected chi connectivity index (χ3v) is 3.91. The summed E-state index contributed by atoms with van der Waals surface area (Å²) in [4.78, 5) is 34.7. The number of hydrogen-bond donors (Lipinski definition) is 1. The molecule has 0 radical (unpaired) electrons. The highest BCUT2D eigenvalue weighted by molar-refractivity contribution is 6.00. The molecule has 0 bridgehead atoms. The number of likely N-dealkylation sites (tertiary alicyclic amines) is 1. The first-order valence-electron chi connectivity index (χ1n) is 6.86. The molecular weight excluding hydrogens is 272 g/mol. The Balaban J connectivity index is 2.39. The van der Waals surface area contributed by atoms with Crippen molar-refractivity contribution in [3.63, 3.8) is 0 Å². The fourth-order valence-corrected chi connectivity index (χ4v) is 2.84. The quantitative estimate of drug-likeness (QED) is 0.854. The molecule has 2 amide bonds. The molecule has 2 rings (SSSR count). The Morgan fingerprint density at radius 2 is 2.29 bits per heavy atom. The number of likely N-dealkylation sites (N-methyl/N-ethyl adjacent to an activating group) is 1. The normalized spacial score (nSPS) is 21.4. The summed E-state index contributed by atoms with van der Waals surface area (Å²) in [6.07, 6.45) is 4.23. The molecule has 1 aliphatic heterocycles. The number of methoxy groups -OCH3 is 1. The van der Waals surface area contributed by atoms with Crippen LogP contribution in [0, 0.1) is 6.92 Å². The SMILES string of the molecule is CNC(=O)C1(COC)CCCN1C(=O)c1cncnc1C. The zero-order valence-electron chi connectivity index (χ0n) is 12.5. The number of nitrogens with one attached hydrogen (secondary N) is 1. The van der Waals surface area contributed by atoms with E-state index in [-0.39, 0.29) is 18.4 Å². The van der Waals surface area contributed by atoms with Gasteiger partial charge in [-0.15, -0.1) is 0 Å². The molecule has 21 heavy (non-hydrogen) atoms. The van der Waals surface area contributed by atoms with Crippen LogP contribution in [0.25, 0.3) is 0 Å². The molecular formula is C14H20N4O3. The number of carbonyl (C=O) groups excluding carboxylic acids is 2. The van der Waals surface area contributed by atoms with E-state index >= 15 is 0 Å². The minimum atomic E-state index is -0.955. The van der Waals surface area contributed by atoms with Crippen LogP contribution in [0.3, 0.4) is 0 Å². The van der Waals surface area contributed by atoms with Gasteiger partial charge in [0.25, 0.3) is 5.91 Å². The van der Waals surface area contributed by atoms with Gasteiger partial charge in [0.15, 0.2) is 0 Å². The van der Waals surface area contributed by atoms with Crippen molar-refractivity contribution in [3.8, 4) is 0 Å². The molecule has 0 spiro atoms. The lowest BCUT2D eigenvalue weighted by molar-refractivity contribution is -0.133. The Bertz CT molecular complexity index is 549. The predicted molar refractivity (Wildman–Crippen MR) is 75.7 cm³/mol. The summed E-state index contributed by atoms with van der Waals surface area (Å²) in [6, 6.07) is 0. The third kappa shape index (κ3) is 2.61. The number of aromatic nitrogens is 2. The first-order chi connectivity index (χ1) is 10.1. The van der Waals surface area contributed by atoms with Crippen LogP contribution in [-0.4, -0.2) is 59.5 Å². The Kier molecular flexibility index (Phi) is 4.52. The van der Waals surface area contributed by atoms with Gasteiger partial charge >= 0.3 is 0 Å². The van der Waals surface area contributed by atoms with E-state index in [1.807, 2.05) is 0 Å². The van der Waals surface area contributed by atoms with Gasteiger partial charge in [0.05, 0.1) is 17.9 Å². The zero-order chi connectivity index (χ0) is 15.5. The second kappa shape index (κ2) is 6.17. The second-order valence-corrected chi connectivity index (χ2v) is 5.13. The molecule has 114 valence electrons. The number of rotatable bonds is 4. The van der Waals surface area contributed by atoms with E-state index in [0.717, 1.165) is 6.42 Å². The van der Waals surface area contributed by atoms with E-state index in [0.29, 0.717) is 24.2 Å². The average Bonchev–Trinajstić information content (AvgIpc) is 2.91. The Morgan fingerprint density at radius 1 is 1.52 bits per heavy atom. The number of nitrogens with zero attached hydrogens (tertiary/aromatic N) is 3. The fraction of sp³-hybridized carbons (Fsp3) is 0.571. The number of aryl methyl sites for hydroxylation is 1. The minimum absolute atomic E-state index is 0.172. The lowest BCUT2D eigenvalue weighted by Gasteiger charge is -2.36. The average molecular weight is 292 g/mol. The summed E-state index contributed by atoms with van der Waals surface area (Å²) in [5.41, 5.74) is 0.0666. The van der Waals surface area contributed by atoms with Crippen molar-refractivity contribution in [3.05, 3.63) is 23.8 Å². The summed E-state index contributed by atoms with van der Waals surface area (Å²) < 4.78 is 5.21. The first kappa shape index (κ1) is 15.4. The van der Waals surface area contributed by atoms with Crippen molar-refractivity contribution in [2.24, 2.45) is 0 Å². The van der Waals surface area contributed by atoms with Gasteiger partial charge in [0.1, 0.15) is 11.9 Å². The minimum Gasteiger partial charge on any atom is -0.382 e. The molecule has 1 unspecified atom stereocenters. The monoisotopic (exact) mass is 292 g/mol. The lowest BCUT2D eigenvalue weighted by atomic mass is 9.95. The third-order valence-electron chi connectivity index (χ3n) is 3.91. The van der Waals surface area contributed by atoms with Gasteiger partial charge in [-0.2, -0.15) is 0 Å². The van der Waals surface area contributed by atoms with Gasteiger partial charge in [-0.3, -0.25) is 9.59 Å². The maximum absolute atomic E-state index is 12.8. The molecule has 1 saturated heterocycles. The van der Waals surface area contributed by atoms with Crippen molar-refractivity contribution in [2.45, 2.75) is 25.3 Å². The van der Waals surface area contributed by atoms with Crippen molar-refractivity contribution >= 4 is 11.8 Å². The van der Waals surface area contributed by atoms with Crippen LogP contribution in [0.4, 0.5) is 0 Å². The van der Waals surface area contributed by atoms with E-state index in [9.17, 15) is 9.59 Å². The number of ether oxygens (including phenoxy) is 1. The Hall–Kier alpha value is -2.02. The van der Waals surface area contributed by atoms with Crippen LogP contribution in [0.5, 0.6) is 0 Å². The van der Waals surface area contributed by atoms with Crippen LogP contribution in [0.15, 0.2) is 12.5 Å². The van der Waals surface area contributed by atoms with Crippen molar-refractivity contribution in [1.29, 1.82) is 0 Å². The topological polar surface area (TPSA) is 84.4 Å². The molecule has 7 nitrogen and oxygen atoms in total. The summed E-state index contributed by atoms with van der Waals surface area (Å²) in [6.45, 7) is 2.44.